The van der Waals surface area contributed by atoms with Gasteiger partial charge in [0.1, 0.15) is 17.6 Å². The second-order valence-electron chi connectivity index (χ2n) is 8.70. The Morgan fingerprint density at radius 3 is 2.51 bits per heavy atom. The van der Waals surface area contributed by atoms with Crippen LogP contribution in [0, 0.1) is 0 Å². The number of rotatable bonds is 6. The molecule has 0 saturated carbocycles. The van der Waals surface area contributed by atoms with Crippen LogP contribution in [0.5, 0.6) is 0 Å². The fourth-order valence-electron chi connectivity index (χ4n) is 4.45. The van der Waals surface area contributed by atoms with Crippen LogP contribution in [0.25, 0.3) is 20.7 Å². The summed E-state index contributed by atoms with van der Waals surface area (Å²) in [6.45, 7) is 6.09. The Balaban J connectivity index is 1.43. The van der Waals surface area contributed by atoms with Gasteiger partial charge in [0.25, 0.3) is 5.91 Å². The lowest BCUT2D eigenvalue weighted by atomic mass is 9.88. The van der Waals surface area contributed by atoms with Crippen LogP contribution in [0.2, 0.25) is 0 Å². The van der Waals surface area contributed by atoms with E-state index in [2.05, 4.69) is 26.8 Å². The predicted molar refractivity (Wildman–Crippen MR) is 137 cm³/mol. The SMILES string of the molecule is CCN1CCN(C(=O)c2ccc(-c3cc4ncnc([C@](N)(CO)c5ccccc5)c4s3)cn2)CC1. The van der Waals surface area contributed by atoms with Crippen LogP contribution in [0.3, 0.4) is 0 Å². The van der Waals surface area contributed by atoms with Gasteiger partial charge in [-0.1, -0.05) is 37.3 Å². The van der Waals surface area contributed by atoms with Crippen molar-refractivity contribution in [2.75, 3.05) is 39.3 Å². The highest BCUT2D eigenvalue weighted by Gasteiger charge is 2.33. The maximum atomic E-state index is 12.9. The van der Waals surface area contributed by atoms with Crippen molar-refractivity contribution in [2.45, 2.75) is 12.5 Å². The van der Waals surface area contributed by atoms with Gasteiger partial charge in [0.05, 0.1) is 22.5 Å². The molecule has 180 valence electrons. The summed E-state index contributed by atoms with van der Waals surface area (Å²) in [4.78, 5) is 31.4. The standard InChI is InChI=1S/C26H28N6O2S/c1-2-31-10-12-32(13-11-31)25(34)20-9-8-18(15-28-20)22-14-21-23(35-22)24(30-17-29-21)26(27,16-33)19-6-4-3-5-7-19/h3-9,14-15,17,33H,2,10-13,16,27H2,1H3/t26-/m0/s1. The van der Waals surface area contributed by atoms with E-state index in [1.165, 1.54) is 17.7 Å². The van der Waals surface area contributed by atoms with E-state index in [1.807, 2.05) is 47.4 Å². The zero-order chi connectivity index (χ0) is 24.4. The average molecular weight is 489 g/mol. The van der Waals surface area contributed by atoms with Gasteiger partial charge in [-0.2, -0.15) is 0 Å². The summed E-state index contributed by atoms with van der Waals surface area (Å²) in [7, 11) is 0. The number of nitrogens with two attached hydrogens (primary N) is 1. The Kier molecular flexibility index (Phi) is 6.57. The van der Waals surface area contributed by atoms with Crippen molar-refractivity contribution in [1.29, 1.82) is 0 Å². The summed E-state index contributed by atoms with van der Waals surface area (Å²) < 4.78 is 0.817. The van der Waals surface area contributed by atoms with Crippen molar-refractivity contribution in [3.8, 4) is 10.4 Å². The minimum absolute atomic E-state index is 0.0319. The Bertz CT molecular complexity index is 1320. The summed E-state index contributed by atoms with van der Waals surface area (Å²) in [5.41, 5.74) is 9.00. The van der Waals surface area contributed by atoms with Crippen molar-refractivity contribution >= 4 is 27.5 Å². The molecule has 1 amide bonds. The number of carbonyl (C=O) groups is 1. The molecular weight excluding hydrogens is 460 g/mol. The largest absolute Gasteiger partial charge is 0.394 e. The van der Waals surface area contributed by atoms with Gasteiger partial charge >= 0.3 is 0 Å². The van der Waals surface area contributed by atoms with E-state index in [0.717, 1.165) is 58.9 Å². The molecule has 1 aliphatic rings. The number of aliphatic hydroxyl groups is 1. The minimum Gasteiger partial charge on any atom is -0.394 e. The number of likely N-dealkylation sites (N-methyl/N-ethyl adjacent to an activating group) is 1. The number of benzene rings is 1. The molecule has 5 rings (SSSR count). The first kappa shape index (κ1) is 23.5. The number of hydrogen-bond donors (Lipinski definition) is 2. The van der Waals surface area contributed by atoms with Crippen molar-refractivity contribution in [3.63, 3.8) is 0 Å². The second kappa shape index (κ2) is 9.79. The van der Waals surface area contributed by atoms with Gasteiger partial charge < -0.3 is 20.6 Å². The summed E-state index contributed by atoms with van der Waals surface area (Å²) in [5, 5.41) is 10.3. The molecule has 8 nitrogen and oxygen atoms in total. The second-order valence-corrected chi connectivity index (χ2v) is 9.75. The van der Waals surface area contributed by atoms with Crippen LogP contribution < -0.4 is 5.73 Å². The molecule has 3 aromatic heterocycles. The third-order valence-electron chi connectivity index (χ3n) is 6.65. The van der Waals surface area contributed by atoms with Crippen molar-refractivity contribution in [3.05, 3.63) is 78.0 Å². The van der Waals surface area contributed by atoms with Crippen molar-refractivity contribution in [1.82, 2.24) is 24.8 Å². The summed E-state index contributed by atoms with van der Waals surface area (Å²) in [6, 6.07) is 15.1. The van der Waals surface area contributed by atoms with E-state index < -0.39 is 5.54 Å². The molecule has 4 aromatic rings. The first-order valence-corrected chi connectivity index (χ1v) is 12.5. The smallest absolute Gasteiger partial charge is 0.272 e. The molecule has 1 saturated heterocycles. The lowest BCUT2D eigenvalue weighted by molar-refractivity contribution is 0.0637. The van der Waals surface area contributed by atoms with Gasteiger partial charge in [-0.3, -0.25) is 9.78 Å². The maximum absolute atomic E-state index is 12.9. The fourth-order valence-corrected chi connectivity index (χ4v) is 5.62. The highest BCUT2D eigenvalue weighted by atomic mass is 32.1. The number of aromatic nitrogens is 3. The topological polar surface area (TPSA) is 108 Å². The molecular formula is C26H28N6O2S. The lowest BCUT2D eigenvalue weighted by Gasteiger charge is -2.33. The molecule has 1 fully saturated rings. The molecule has 3 N–H and O–H groups in total. The van der Waals surface area contributed by atoms with Gasteiger partial charge in [0, 0.05) is 42.8 Å². The molecule has 0 bridgehead atoms. The van der Waals surface area contributed by atoms with E-state index in [9.17, 15) is 9.90 Å². The molecule has 0 unspecified atom stereocenters. The van der Waals surface area contributed by atoms with Crippen LogP contribution in [0.4, 0.5) is 0 Å². The molecule has 35 heavy (non-hydrogen) atoms. The van der Waals surface area contributed by atoms with E-state index in [0.29, 0.717) is 11.4 Å². The Morgan fingerprint density at radius 2 is 1.86 bits per heavy atom. The lowest BCUT2D eigenvalue weighted by Crippen LogP contribution is -2.48. The van der Waals surface area contributed by atoms with Gasteiger partial charge in [-0.25, -0.2) is 9.97 Å². The van der Waals surface area contributed by atoms with E-state index >= 15 is 0 Å². The number of amides is 1. The highest BCUT2D eigenvalue weighted by Crippen LogP contribution is 2.38. The van der Waals surface area contributed by atoms with Crippen LogP contribution in [0.1, 0.15) is 28.7 Å². The Hall–Kier alpha value is -3.24. The number of carbonyl (C=O) groups excluding carboxylic acids is 1. The number of hydrogen-bond acceptors (Lipinski definition) is 8. The van der Waals surface area contributed by atoms with E-state index in [4.69, 9.17) is 5.73 Å². The summed E-state index contributed by atoms with van der Waals surface area (Å²) in [6.07, 6.45) is 3.21. The number of aliphatic hydroxyl groups excluding tert-OH is 1. The number of piperazine rings is 1. The van der Waals surface area contributed by atoms with Gasteiger partial charge in [-0.05, 0) is 30.3 Å². The van der Waals surface area contributed by atoms with Crippen LogP contribution in [0.15, 0.2) is 61.1 Å². The fraction of sp³-hybridized carbons (Fsp3) is 0.308. The summed E-state index contributed by atoms with van der Waals surface area (Å²) >= 11 is 1.50. The van der Waals surface area contributed by atoms with Crippen molar-refractivity contribution in [2.24, 2.45) is 5.73 Å². The normalized spacial score (nSPS) is 16.4. The zero-order valence-corrected chi connectivity index (χ0v) is 20.4. The first-order valence-electron chi connectivity index (χ1n) is 11.7. The van der Waals surface area contributed by atoms with Crippen LogP contribution in [-0.4, -0.2) is 75.1 Å². The first-order chi connectivity index (χ1) is 17.0. The van der Waals surface area contributed by atoms with E-state index in [1.54, 1.807) is 12.3 Å². The summed E-state index contributed by atoms with van der Waals surface area (Å²) in [5.74, 6) is -0.0319. The molecule has 1 aliphatic heterocycles. The number of fused-ring (bicyclic) bond motifs is 1. The molecule has 9 heteroatoms. The average Bonchev–Trinajstić information content (AvgIpc) is 3.37. The molecule has 0 spiro atoms. The highest BCUT2D eigenvalue weighted by molar-refractivity contribution is 7.22. The molecule has 1 atom stereocenters. The molecule has 1 aromatic carbocycles. The quantitative estimate of drug-likeness (QED) is 0.430. The Morgan fingerprint density at radius 1 is 1.09 bits per heavy atom. The van der Waals surface area contributed by atoms with E-state index in [-0.39, 0.29) is 12.5 Å². The van der Waals surface area contributed by atoms with Gasteiger partial charge in [-0.15, -0.1) is 11.3 Å². The molecule has 0 radical (unpaired) electrons. The number of pyridine rings is 1. The Labute approximate surface area is 208 Å². The van der Waals surface area contributed by atoms with Gasteiger partial charge in [0.15, 0.2) is 0 Å². The third-order valence-corrected chi connectivity index (χ3v) is 7.83. The minimum atomic E-state index is -1.15. The molecule has 0 aliphatic carbocycles. The van der Waals surface area contributed by atoms with Crippen LogP contribution >= 0.6 is 11.3 Å². The van der Waals surface area contributed by atoms with Crippen molar-refractivity contribution < 1.29 is 9.90 Å². The number of thiophene rings is 1. The van der Waals surface area contributed by atoms with Gasteiger partial charge in [0.2, 0.25) is 0 Å². The van der Waals surface area contributed by atoms with Crippen LogP contribution in [-0.2, 0) is 5.54 Å². The third kappa shape index (κ3) is 4.43. The predicted octanol–water partition coefficient (Wildman–Crippen LogP) is 2.73. The zero-order valence-electron chi connectivity index (χ0n) is 19.6. The number of nitrogens with zero attached hydrogens (tertiary/aromatic N) is 5. The maximum Gasteiger partial charge on any atom is 0.272 e. The molecule has 4 heterocycles. The monoisotopic (exact) mass is 488 g/mol.